The van der Waals surface area contributed by atoms with Gasteiger partial charge in [-0.15, -0.1) is 24.8 Å². The van der Waals surface area contributed by atoms with E-state index in [1.54, 1.807) is 6.20 Å². The predicted octanol–water partition coefficient (Wildman–Crippen LogP) is 1.08. The summed E-state index contributed by atoms with van der Waals surface area (Å²) in [6.45, 7) is 5.40. The van der Waals surface area contributed by atoms with E-state index in [0.29, 0.717) is 18.7 Å². The fourth-order valence-electron chi connectivity index (χ4n) is 2.61. The second-order valence-corrected chi connectivity index (χ2v) is 5.45. The fraction of sp³-hybridized carbons (Fsp3) is 0.600. The van der Waals surface area contributed by atoms with Crippen molar-refractivity contribution in [2.24, 2.45) is 0 Å². The van der Waals surface area contributed by atoms with Crippen LogP contribution in [0.25, 0.3) is 0 Å². The third kappa shape index (κ3) is 6.07. The summed E-state index contributed by atoms with van der Waals surface area (Å²) in [5, 5.41) is 6.08. The second-order valence-electron chi connectivity index (χ2n) is 5.45. The average molecular weight is 379 g/mol. The van der Waals surface area contributed by atoms with Crippen molar-refractivity contribution in [3.8, 4) is 0 Å². The van der Waals surface area contributed by atoms with Gasteiger partial charge < -0.3 is 25.0 Å². The smallest absolute Gasteiger partial charge is 0.227 e. The molecule has 0 radical (unpaired) electrons. The average Bonchev–Trinajstić information content (AvgIpc) is 2.57. The SMILES string of the molecule is Cl.Cl.O=C(CC1CNCCO1)Nc1ccc(N2CCOCC2)nc1. The highest BCUT2D eigenvalue weighted by atomic mass is 35.5. The van der Waals surface area contributed by atoms with Gasteiger partial charge in [-0.25, -0.2) is 4.98 Å². The van der Waals surface area contributed by atoms with E-state index in [4.69, 9.17) is 9.47 Å². The van der Waals surface area contributed by atoms with Crippen molar-refractivity contribution in [1.29, 1.82) is 0 Å². The van der Waals surface area contributed by atoms with Crippen LogP contribution in [0.15, 0.2) is 18.3 Å². The molecule has 0 aromatic carbocycles. The lowest BCUT2D eigenvalue weighted by Crippen LogP contribution is -2.40. The zero-order valence-electron chi connectivity index (χ0n) is 13.4. The standard InChI is InChI=1S/C15H22N4O3.2ClH/c20-15(9-13-11-16-3-6-22-13)18-12-1-2-14(17-10-12)19-4-7-21-8-5-19;;/h1-2,10,13,16H,3-9,11H2,(H,18,20);2*1H. The number of carbonyl (C=O) groups excluding carboxylic acids is 1. The molecule has 1 aromatic rings. The molecule has 1 unspecified atom stereocenters. The van der Waals surface area contributed by atoms with Crippen LogP contribution in [-0.2, 0) is 14.3 Å². The van der Waals surface area contributed by atoms with Gasteiger partial charge in [0.1, 0.15) is 5.82 Å². The molecule has 1 amide bonds. The van der Waals surface area contributed by atoms with Crippen molar-refractivity contribution >= 4 is 42.2 Å². The first-order chi connectivity index (χ1) is 10.8. The van der Waals surface area contributed by atoms with Gasteiger partial charge >= 0.3 is 0 Å². The Balaban J connectivity index is 0.00000144. The van der Waals surface area contributed by atoms with Gasteiger partial charge in [0, 0.05) is 26.2 Å². The van der Waals surface area contributed by atoms with Gasteiger partial charge in [-0.3, -0.25) is 4.79 Å². The summed E-state index contributed by atoms with van der Waals surface area (Å²) >= 11 is 0. The molecule has 3 rings (SSSR count). The van der Waals surface area contributed by atoms with Crippen LogP contribution in [0.5, 0.6) is 0 Å². The fourth-order valence-corrected chi connectivity index (χ4v) is 2.61. The molecule has 2 saturated heterocycles. The molecule has 9 heteroatoms. The maximum atomic E-state index is 12.0. The molecular weight excluding hydrogens is 355 g/mol. The molecule has 1 aromatic heterocycles. The quantitative estimate of drug-likeness (QED) is 0.816. The molecule has 0 bridgehead atoms. The molecule has 2 fully saturated rings. The lowest BCUT2D eigenvalue weighted by atomic mass is 10.2. The second kappa shape index (κ2) is 10.7. The highest BCUT2D eigenvalue weighted by Crippen LogP contribution is 2.16. The monoisotopic (exact) mass is 378 g/mol. The summed E-state index contributed by atoms with van der Waals surface area (Å²) in [6, 6.07) is 3.81. The first-order valence-electron chi connectivity index (χ1n) is 7.72. The van der Waals surface area contributed by atoms with Crippen LogP contribution in [0.2, 0.25) is 0 Å². The van der Waals surface area contributed by atoms with Gasteiger partial charge in [0.25, 0.3) is 0 Å². The molecule has 3 heterocycles. The number of aromatic nitrogens is 1. The lowest BCUT2D eigenvalue weighted by molar-refractivity contribution is -0.119. The number of nitrogens with zero attached hydrogens (tertiary/aromatic N) is 2. The van der Waals surface area contributed by atoms with Crippen LogP contribution in [0.4, 0.5) is 11.5 Å². The van der Waals surface area contributed by atoms with Crippen LogP contribution in [-0.4, -0.2) is 63.0 Å². The van der Waals surface area contributed by atoms with Crippen LogP contribution >= 0.6 is 24.8 Å². The Labute approximate surface area is 154 Å². The first-order valence-corrected chi connectivity index (χ1v) is 7.72. The van der Waals surface area contributed by atoms with Crippen molar-refractivity contribution in [2.75, 3.05) is 56.2 Å². The highest BCUT2D eigenvalue weighted by Gasteiger charge is 2.17. The summed E-state index contributed by atoms with van der Waals surface area (Å²) < 4.78 is 10.9. The number of pyridine rings is 1. The molecule has 7 nitrogen and oxygen atoms in total. The number of ether oxygens (including phenoxy) is 2. The normalized spacial score (nSPS) is 20.5. The highest BCUT2D eigenvalue weighted by molar-refractivity contribution is 5.91. The number of halogens is 2. The zero-order valence-corrected chi connectivity index (χ0v) is 15.0. The van der Waals surface area contributed by atoms with Crippen molar-refractivity contribution in [3.05, 3.63) is 18.3 Å². The van der Waals surface area contributed by atoms with Gasteiger partial charge in [-0.05, 0) is 12.1 Å². The van der Waals surface area contributed by atoms with E-state index >= 15 is 0 Å². The van der Waals surface area contributed by atoms with E-state index in [1.165, 1.54) is 0 Å². The maximum absolute atomic E-state index is 12.0. The molecule has 0 aliphatic carbocycles. The summed E-state index contributed by atoms with van der Waals surface area (Å²) in [5.41, 5.74) is 0.714. The topological polar surface area (TPSA) is 75.7 Å². The molecule has 2 aliphatic rings. The molecular formula is C15H24Cl2N4O3. The molecule has 24 heavy (non-hydrogen) atoms. The van der Waals surface area contributed by atoms with Gasteiger partial charge in [-0.1, -0.05) is 0 Å². The number of morpholine rings is 2. The Morgan fingerprint density at radius 3 is 2.71 bits per heavy atom. The van der Waals surface area contributed by atoms with Crippen LogP contribution in [0.3, 0.4) is 0 Å². The lowest BCUT2D eigenvalue weighted by Gasteiger charge is -2.27. The van der Waals surface area contributed by atoms with Crippen molar-refractivity contribution in [1.82, 2.24) is 10.3 Å². The van der Waals surface area contributed by atoms with Crippen LogP contribution < -0.4 is 15.5 Å². The van der Waals surface area contributed by atoms with E-state index in [1.807, 2.05) is 12.1 Å². The Bertz CT molecular complexity index is 492. The molecule has 2 aliphatic heterocycles. The molecule has 2 N–H and O–H groups in total. The van der Waals surface area contributed by atoms with Gasteiger partial charge in [0.2, 0.25) is 5.91 Å². The molecule has 0 spiro atoms. The molecule has 1 atom stereocenters. The Morgan fingerprint density at radius 1 is 1.29 bits per heavy atom. The van der Waals surface area contributed by atoms with Gasteiger partial charge in [-0.2, -0.15) is 0 Å². The Hall–Kier alpha value is -1.12. The van der Waals surface area contributed by atoms with Crippen molar-refractivity contribution in [2.45, 2.75) is 12.5 Å². The van der Waals surface area contributed by atoms with Crippen LogP contribution in [0.1, 0.15) is 6.42 Å². The Kier molecular flexibility index (Phi) is 9.31. The van der Waals surface area contributed by atoms with Crippen molar-refractivity contribution < 1.29 is 14.3 Å². The Morgan fingerprint density at radius 2 is 2.08 bits per heavy atom. The predicted molar refractivity (Wildman–Crippen MR) is 97.6 cm³/mol. The third-order valence-electron chi connectivity index (χ3n) is 3.78. The van der Waals surface area contributed by atoms with E-state index in [2.05, 4.69) is 20.5 Å². The minimum absolute atomic E-state index is 0. The number of hydrogen-bond donors (Lipinski definition) is 2. The van der Waals surface area contributed by atoms with E-state index in [-0.39, 0.29) is 36.8 Å². The van der Waals surface area contributed by atoms with E-state index in [9.17, 15) is 4.79 Å². The minimum Gasteiger partial charge on any atom is -0.378 e. The minimum atomic E-state index is -0.0469. The van der Waals surface area contributed by atoms with Gasteiger partial charge in [0.15, 0.2) is 0 Å². The summed E-state index contributed by atoms with van der Waals surface area (Å²) in [5.74, 6) is 0.871. The van der Waals surface area contributed by atoms with Crippen molar-refractivity contribution in [3.63, 3.8) is 0 Å². The first kappa shape index (κ1) is 20.9. The summed E-state index contributed by atoms with van der Waals surface area (Å²) in [6.07, 6.45) is 2.01. The number of amides is 1. The number of anilines is 2. The van der Waals surface area contributed by atoms with E-state index in [0.717, 1.165) is 45.2 Å². The van der Waals surface area contributed by atoms with E-state index < -0.39 is 0 Å². The molecule has 136 valence electrons. The summed E-state index contributed by atoms with van der Waals surface area (Å²) in [7, 11) is 0. The maximum Gasteiger partial charge on any atom is 0.227 e. The van der Waals surface area contributed by atoms with Crippen LogP contribution in [0, 0.1) is 0 Å². The largest absolute Gasteiger partial charge is 0.378 e. The van der Waals surface area contributed by atoms with Gasteiger partial charge in [0.05, 0.1) is 44.2 Å². The number of nitrogens with one attached hydrogen (secondary N) is 2. The zero-order chi connectivity index (χ0) is 15.2. The summed E-state index contributed by atoms with van der Waals surface area (Å²) in [4.78, 5) is 18.6. The number of carbonyl (C=O) groups is 1. The number of hydrogen-bond acceptors (Lipinski definition) is 6. The molecule has 0 saturated carbocycles. The third-order valence-corrected chi connectivity index (χ3v) is 3.78. The number of rotatable bonds is 4.